The van der Waals surface area contributed by atoms with Crippen LogP contribution in [0.25, 0.3) is 34.3 Å². The maximum absolute atomic E-state index is 14.7. The smallest absolute Gasteiger partial charge is 0.270 e. The number of rotatable bonds is 9. The molecule has 0 aliphatic rings. The number of nitrogen functional groups attached to an aromatic ring is 1. The van der Waals surface area contributed by atoms with Crippen LogP contribution in [0.15, 0.2) is 58.0 Å². The summed E-state index contributed by atoms with van der Waals surface area (Å²) in [5, 5.41) is 10.2. The minimum Gasteiger partial charge on any atom is -0.414 e. The van der Waals surface area contributed by atoms with Gasteiger partial charge in [-0.1, -0.05) is 18.2 Å². The molecule has 2 aromatic carbocycles. The Hall–Kier alpha value is -3.77. The highest BCUT2D eigenvalue weighted by molar-refractivity contribution is 7.92. The van der Waals surface area contributed by atoms with Gasteiger partial charge in [-0.05, 0) is 50.6 Å². The van der Waals surface area contributed by atoms with Crippen molar-refractivity contribution in [2.24, 2.45) is 0 Å². The van der Waals surface area contributed by atoms with Gasteiger partial charge in [-0.3, -0.25) is 0 Å². The lowest BCUT2D eigenvalue weighted by Crippen LogP contribution is -2.21. The van der Waals surface area contributed by atoms with Gasteiger partial charge in [0.15, 0.2) is 21.3 Å². The standard InChI is InChI=1S/C25H26F2N6O3S/c1-14(2)37(34,35)18-7-5-17(6-8-18)21-13-30-23(28)22(31-21)25-33-32-24(36-25)19-9-4-16(10-20(19)27)12-29-11-15(3)26/h4-10,13-15,29H,11-12H2,1-3H3,(H2,28,30)/t15-/m1/s1. The highest BCUT2D eigenvalue weighted by Crippen LogP contribution is 2.30. The number of nitrogens with zero attached hydrogens (tertiary/aromatic N) is 4. The van der Waals surface area contributed by atoms with Gasteiger partial charge in [0.1, 0.15) is 12.0 Å². The average Bonchev–Trinajstić information content (AvgIpc) is 3.34. The van der Waals surface area contributed by atoms with Crippen molar-refractivity contribution < 1.29 is 21.6 Å². The summed E-state index contributed by atoms with van der Waals surface area (Å²) in [5.74, 6) is -0.670. The average molecular weight is 529 g/mol. The van der Waals surface area contributed by atoms with Crippen molar-refractivity contribution in [3.63, 3.8) is 0 Å². The van der Waals surface area contributed by atoms with Crippen LogP contribution >= 0.6 is 0 Å². The molecule has 12 heteroatoms. The Morgan fingerprint density at radius 1 is 1.05 bits per heavy atom. The summed E-state index contributed by atoms with van der Waals surface area (Å²) in [6.07, 6.45) is 0.438. The minimum atomic E-state index is -3.41. The van der Waals surface area contributed by atoms with Crippen LogP contribution in [-0.2, 0) is 16.4 Å². The number of sulfone groups is 1. The number of halogens is 2. The number of hydrogen-bond donors (Lipinski definition) is 2. The maximum atomic E-state index is 14.7. The van der Waals surface area contributed by atoms with Gasteiger partial charge in [0.2, 0.25) is 0 Å². The van der Waals surface area contributed by atoms with Crippen LogP contribution < -0.4 is 11.1 Å². The van der Waals surface area contributed by atoms with Gasteiger partial charge in [-0.25, -0.2) is 27.2 Å². The number of nitrogens with one attached hydrogen (secondary N) is 1. The number of anilines is 1. The van der Waals surface area contributed by atoms with Gasteiger partial charge < -0.3 is 15.5 Å². The van der Waals surface area contributed by atoms with Gasteiger partial charge in [-0.15, -0.1) is 10.2 Å². The Kier molecular flexibility index (Phi) is 7.60. The Balaban J connectivity index is 1.58. The molecule has 0 saturated heterocycles. The van der Waals surface area contributed by atoms with E-state index in [9.17, 15) is 17.2 Å². The first-order chi connectivity index (χ1) is 17.6. The monoisotopic (exact) mass is 528 g/mol. The van der Waals surface area contributed by atoms with Gasteiger partial charge in [-0.2, -0.15) is 0 Å². The zero-order valence-corrected chi connectivity index (χ0v) is 21.3. The fourth-order valence-corrected chi connectivity index (χ4v) is 4.53. The van der Waals surface area contributed by atoms with Crippen LogP contribution in [0.2, 0.25) is 0 Å². The molecule has 4 aromatic rings. The third kappa shape index (κ3) is 5.81. The fourth-order valence-electron chi connectivity index (χ4n) is 3.47. The predicted molar refractivity (Wildman–Crippen MR) is 135 cm³/mol. The van der Waals surface area contributed by atoms with Gasteiger partial charge in [0.25, 0.3) is 11.8 Å². The molecule has 2 aromatic heterocycles. The molecule has 0 radical (unpaired) electrons. The van der Waals surface area contributed by atoms with Crippen molar-refractivity contribution in [1.82, 2.24) is 25.5 Å². The van der Waals surface area contributed by atoms with Crippen molar-refractivity contribution in [3.05, 3.63) is 60.0 Å². The quantitative estimate of drug-likeness (QED) is 0.327. The maximum Gasteiger partial charge on any atom is 0.270 e. The Labute approximate surface area is 213 Å². The van der Waals surface area contributed by atoms with Crippen LogP contribution in [0, 0.1) is 5.82 Å². The summed E-state index contributed by atoms with van der Waals surface area (Å²) >= 11 is 0. The van der Waals surface area contributed by atoms with Crippen molar-refractivity contribution in [2.45, 2.75) is 43.6 Å². The number of hydrogen-bond acceptors (Lipinski definition) is 9. The molecule has 0 fully saturated rings. The van der Waals surface area contributed by atoms with Crippen molar-refractivity contribution in [1.29, 1.82) is 0 Å². The van der Waals surface area contributed by atoms with Gasteiger partial charge >= 0.3 is 0 Å². The highest BCUT2D eigenvalue weighted by atomic mass is 32.2. The molecule has 0 bridgehead atoms. The normalized spacial score (nSPS) is 12.7. The molecule has 0 unspecified atom stereocenters. The van der Waals surface area contributed by atoms with Crippen molar-refractivity contribution >= 4 is 15.7 Å². The molecular weight excluding hydrogens is 502 g/mol. The SMILES string of the molecule is CC(C)S(=O)(=O)c1ccc(-c2cnc(N)c(-c3nnc(-c4ccc(CNC[C@@H](C)F)cc4F)o3)n2)cc1. The van der Waals surface area contributed by atoms with E-state index in [4.69, 9.17) is 10.2 Å². The molecule has 0 saturated carbocycles. The molecule has 1 atom stereocenters. The largest absolute Gasteiger partial charge is 0.414 e. The van der Waals surface area contributed by atoms with E-state index in [1.54, 1.807) is 32.0 Å². The fraction of sp³-hybridized carbons (Fsp3) is 0.280. The molecule has 4 rings (SSSR count). The van der Waals surface area contributed by atoms with Crippen LogP contribution in [0.5, 0.6) is 0 Å². The summed E-state index contributed by atoms with van der Waals surface area (Å²) < 4.78 is 58.1. The molecule has 0 aliphatic heterocycles. The van der Waals surface area contributed by atoms with Crippen LogP contribution in [0.3, 0.4) is 0 Å². The molecule has 2 heterocycles. The number of aromatic nitrogens is 4. The Morgan fingerprint density at radius 2 is 1.76 bits per heavy atom. The summed E-state index contributed by atoms with van der Waals surface area (Å²) in [6.45, 7) is 5.15. The zero-order chi connectivity index (χ0) is 26.7. The first-order valence-corrected chi connectivity index (χ1v) is 13.0. The molecule has 37 heavy (non-hydrogen) atoms. The topological polar surface area (TPSA) is 137 Å². The van der Waals surface area contributed by atoms with Crippen molar-refractivity contribution in [3.8, 4) is 34.3 Å². The van der Waals surface area contributed by atoms with E-state index in [1.165, 1.54) is 37.4 Å². The third-order valence-electron chi connectivity index (χ3n) is 5.55. The van der Waals surface area contributed by atoms with Crippen LogP contribution in [0.1, 0.15) is 26.3 Å². The zero-order valence-electron chi connectivity index (χ0n) is 20.4. The van der Waals surface area contributed by atoms with E-state index in [0.717, 1.165) is 0 Å². The van der Waals surface area contributed by atoms with E-state index < -0.39 is 27.1 Å². The first kappa shape index (κ1) is 26.3. The minimum absolute atomic E-state index is 0.0296. The molecule has 3 N–H and O–H groups in total. The Morgan fingerprint density at radius 3 is 2.41 bits per heavy atom. The summed E-state index contributed by atoms with van der Waals surface area (Å²) in [5.41, 5.74) is 7.83. The summed E-state index contributed by atoms with van der Waals surface area (Å²) in [4.78, 5) is 8.82. The first-order valence-electron chi connectivity index (χ1n) is 11.5. The molecule has 0 spiro atoms. The molecule has 9 nitrogen and oxygen atoms in total. The lowest BCUT2D eigenvalue weighted by atomic mass is 10.1. The summed E-state index contributed by atoms with van der Waals surface area (Å²) in [6, 6.07) is 10.8. The molecule has 0 amide bonds. The van der Waals surface area contributed by atoms with Crippen LogP contribution in [-0.4, -0.2) is 46.5 Å². The molecule has 194 valence electrons. The third-order valence-corrected chi connectivity index (χ3v) is 7.72. The van der Waals surface area contributed by atoms with Crippen LogP contribution in [0.4, 0.5) is 14.6 Å². The van der Waals surface area contributed by atoms with Crippen molar-refractivity contribution in [2.75, 3.05) is 12.3 Å². The van der Waals surface area contributed by atoms with E-state index in [0.29, 0.717) is 23.4 Å². The lowest BCUT2D eigenvalue weighted by molar-refractivity contribution is 0.344. The lowest BCUT2D eigenvalue weighted by Gasteiger charge is -2.09. The second-order valence-electron chi connectivity index (χ2n) is 8.75. The van der Waals surface area contributed by atoms with E-state index in [1.807, 2.05) is 0 Å². The summed E-state index contributed by atoms with van der Waals surface area (Å²) in [7, 11) is -3.41. The predicted octanol–water partition coefficient (Wildman–Crippen LogP) is 4.21. The van der Waals surface area contributed by atoms with E-state index in [-0.39, 0.29) is 40.3 Å². The van der Waals surface area contributed by atoms with Gasteiger partial charge in [0.05, 0.1) is 27.6 Å². The van der Waals surface area contributed by atoms with Gasteiger partial charge in [0, 0.05) is 18.7 Å². The molecular formula is C25H26F2N6O3S. The number of benzene rings is 2. The van der Waals surface area contributed by atoms with E-state index in [2.05, 4.69) is 25.5 Å². The highest BCUT2D eigenvalue weighted by Gasteiger charge is 2.21. The second-order valence-corrected chi connectivity index (χ2v) is 11.2. The Bertz CT molecular complexity index is 1510. The second kappa shape index (κ2) is 10.7. The number of nitrogens with two attached hydrogens (primary N) is 1. The molecule has 0 aliphatic carbocycles. The van der Waals surface area contributed by atoms with E-state index >= 15 is 0 Å². The number of alkyl halides is 1.